The molecule has 3 aromatic carbocycles. The highest BCUT2D eigenvalue weighted by atomic mass is 127. The third kappa shape index (κ3) is 6.59. The van der Waals surface area contributed by atoms with Crippen LogP contribution in [0.3, 0.4) is 0 Å². The van der Waals surface area contributed by atoms with Gasteiger partial charge in [0.25, 0.3) is 5.91 Å². The van der Waals surface area contributed by atoms with Crippen molar-refractivity contribution < 1.29 is 14.3 Å². The van der Waals surface area contributed by atoms with Gasteiger partial charge in [0.1, 0.15) is 18.2 Å². The van der Waals surface area contributed by atoms with Gasteiger partial charge in [-0.15, -0.1) is 0 Å². The fraction of sp³-hybridized carbons (Fsp3) is 0.185. The van der Waals surface area contributed by atoms with Crippen LogP contribution in [0.4, 0.5) is 0 Å². The van der Waals surface area contributed by atoms with Crippen molar-refractivity contribution in [1.82, 2.24) is 5.32 Å². The van der Waals surface area contributed by atoms with E-state index in [9.17, 15) is 10.1 Å². The molecule has 0 fully saturated rings. The molecule has 0 aliphatic carbocycles. The van der Waals surface area contributed by atoms with E-state index in [1.54, 1.807) is 19.3 Å². The van der Waals surface area contributed by atoms with Crippen molar-refractivity contribution >= 4 is 34.6 Å². The molecule has 0 saturated carbocycles. The van der Waals surface area contributed by atoms with Gasteiger partial charge in [0, 0.05) is 0 Å². The van der Waals surface area contributed by atoms with Crippen molar-refractivity contribution in [3.8, 4) is 17.6 Å². The van der Waals surface area contributed by atoms with Crippen LogP contribution in [-0.2, 0) is 11.4 Å². The maximum absolute atomic E-state index is 12.7. The van der Waals surface area contributed by atoms with Gasteiger partial charge in [0.2, 0.25) is 0 Å². The van der Waals surface area contributed by atoms with E-state index in [4.69, 9.17) is 9.47 Å². The Labute approximate surface area is 208 Å². The van der Waals surface area contributed by atoms with Crippen molar-refractivity contribution in [1.29, 1.82) is 5.26 Å². The second-order valence-corrected chi connectivity index (χ2v) is 8.75. The number of methoxy groups -OCH3 is 1. The van der Waals surface area contributed by atoms with Crippen molar-refractivity contribution in [2.75, 3.05) is 7.11 Å². The molecule has 33 heavy (non-hydrogen) atoms. The van der Waals surface area contributed by atoms with Gasteiger partial charge in [0.15, 0.2) is 11.5 Å². The normalized spacial score (nSPS) is 11.9. The Morgan fingerprint density at radius 3 is 2.58 bits per heavy atom. The minimum Gasteiger partial charge on any atom is -0.493 e. The van der Waals surface area contributed by atoms with E-state index < -0.39 is 5.91 Å². The average Bonchev–Trinajstić information content (AvgIpc) is 2.82. The van der Waals surface area contributed by atoms with Crippen molar-refractivity contribution in [3.05, 3.63) is 98.1 Å². The summed E-state index contributed by atoms with van der Waals surface area (Å²) in [6.45, 7) is 4.33. The number of benzene rings is 3. The number of halogens is 1. The van der Waals surface area contributed by atoms with Crippen LogP contribution in [0.15, 0.2) is 72.3 Å². The molecule has 0 aromatic heterocycles. The number of amides is 1. The fourth-order valence-electron chi connectivity index (χ4n) is 3.34. The van der Waals surface area contributed by atoms with Crippen LogP contribution in [0.25, 0.3) is 6.08 Å². The van der Waals surface area contributed by atoms with E-state index in [-0.39, 0.29) is 11.6 Å². The van der Waals surface area contributed by atoms with E-state index in [2.05, 4.69) is 34.0 Å². The Morgan fingerprint density at radius 2 is 1.91 bits per heavy atom. The predicted molar refractivity (Wildman–Crippen MR) is 138 cm³/mol. The zero-order valence-corrected chi connectivity index (χ0v) is 20.9. The van der Waals surface area contributed by atoms with E-state index in [1.807, 2.05) is 74.5 Å². The van der Waals surface area contributed by atoms with Gasteiger partial charge >= 0.3 is 0 Å². The summed E-state index contributed by atoms with van der Waals surface area (Å²) in [5.41, 5.74) is 3.90. The highest BCUT2D eigenvalue weighted by molar-refractivity contribution is 14.1. The number of carbonyl (C=O) groups excluding carboxylic acids is 1. The van der Waals surface area contributed by atoms with Gasteiger partial charge in [-0.1, -0.05) is 60.2 Å². The molecule has 0 unspecified atom stereocenters. The lowest BCUT2D eigenvalue weighted by molar-refractivity contribution is -0.117. The van der Waals surface area contributed by atoms with Gasteiger partial charge < -0.3 is 14.8 Å². The molecular weight excluding hydrogens is 527 g/mol. The number of carbonyl (C=O) groups is 1. The monoisotopic (exact) mass is 552 g/mol. The first kappa shape index (κ1) is 24.3. The molecule has 0 heterocycles. The largest absolute Gasteiger partial charge is 0.493 e. The number of nitrogens with zero attached hydrogens (tertiary/aromatic N) is 1. The van der Waals surface area contributed by atoms with Crippen LogP contribution in [0.5, 0.6) is 11.5 Å². The lowest BCUT2D eigenvalue weighted by Gasteiger charge is -2.15. The van der Waals surface area contributed by atoms with E-state index in [1.165, 1.54) is 5.56 Å². The third-order valence-electron chi connectivity index (χ3n) is 5.04. The van der Waals surface area contributed by atoms with E-state index in [0.29, 0.717) is 23.7 Å². The molecule has 0 spiro atoms. The Bertz CT molecular complexity index is 1200. The lowest BCUT2D eigenvalue weighted by atomic mass is 10.1. The predicted octanol–water partition coefficient (Wildman–Crippen LogP) is 5.97. The summed E-state index contributed by atoms with van der Waals surface area (Å²) < 4.78 is 12.4. The Morgan fingerprint density at radius 1 is 1.15 bits per heavy atom. The second kappa shape index (κ2) is 11.5. The molecule has 5 nitrogen and oxygen atoms in total. The third-order valence-corrected chi connectivity index (χ3v) is 5.84. The zero-order valence-electron chi connectivity index (χ0n) is 18.8. The van der Waals surface area contributed by atoms with Gasteiger partial charge in [-0.25, -0.2) is 0 Å². The van der Waals surface area contributed by atoms with Crippen LogP contribution in [0.1, 0.15) is 35.2 Å². The minimum atomic E-state index is -0.428. The van der Waals surface area contributed by atoms with Gasteiger partial charge in [-0.3, -0.25) is 4.79 Å². The number of hydrogen-bond donors (Lipinski definition) is 1. The Balaban J connectivity index is 1.79. The van der Waals surface area contributed by atoms with Crippen molar-refractivity contribution in [2.45, 2.75) is 26.5 Å². The molecule has 0 aliphatic rings. The summed E-state index contributed by atoms with van der Waals surface area (Å²) in [4.78, 5) is 12.7. The topological polar surface area (TPSA) is 71.3 Å². The van der Waals surface area contributed by atoms with Gasteiger partial charge in [0.05, 0.1) is 16.7 Å². The summed E-state index contributed by atoms with van der Waals surface area (Å²) >= 11 is 2.17. The number of ether oxygens (including phenoxy) is 2. The van der Waals surface area contributed by atoms with Crippen LogP contribution in [0.2, 0.25) is 0 Å². The molecule has 1 atom stereocenters. The minimum absolute atomic E-state index is 0.0177. The van der Waals surface area contributed by atoms with Crippen LogP contribution < -0.4 is 14.8 Å². The average molecular weight is 552 g/mol. The molecular formula is C27H25IN2O3. The highest BCUT2D eigenvalue weighted by Crippen LogP contribution is 2.35. The van der Waals surface area contributed by atoms with E-state index in [0.717, 1.165) is 14.7 Å². The summed E-state index contributed by atoms with van der Waals surface area (Å²) in [6.07, 6.45) is 1.56. The molecule has 0 aliphatic heterocycles. The molecule has 3 rings (SSSR count). The number of nitriles is 1. The molecule has 1 amide bonds. The van der Waals surface area contributed by atoms with Gasteiger partial charge in [-0.05, 0) is 71.3 Å². The Kier molecular flexibility index (Phi) is 8.50. The van der Waals surface area contributed by atoms with Gasteiger partial charge in [-0.2, -0.15) is 5.26 Å². The standard InChI is InChI=1S/C27H25IN2O3/c1-18-8-7-9-20(12-18)17-33-26-24(28)14-21(15-25(26)32-3)13-23(16-29)27(31)30-19(2)22-10-5-4-6-11-22/h4-15,19H,17H2,1-3H3,(H,30,31)/b23-13-/t19-/m1/s1. The lowest BCUT2D eigenvalue weighted by Crippen LogP contribution is -2.27. The summed E-state index contributed by atoms with van der Waals surface area (Å²) in [5, 5.41) is 12.5. The molecule has 0 saturated heterocycles. The number of hydrogen-bond acceptors (Lipinski definition) is 4. The molecule has 1 N–H and O–H groups in total. The number of aryl methyl sites for hydroxylation is 1. The first-order chi connectivity index (χ1) is 15.9. The zero-order chi connectivity index (χ0) is 23.8. The number of rotatable bonds is 8. The molecule has 3 aromatic rings. The quantitative estimate of drug-likeness (QED) is 0.212. The van der Waals surface area contributed by atoms with Crippen molar-refractivity contribution in [2.24, 2.45) is 0 Å². The van der Waals surface area contributed by atoms with Crippen LogP contribution >= 0.6 is 22.6 Å². The molecule has 0 radical (unpaired) electrons. The second-order valence-electron chi connectivity index (χ2n) is 7.59. The fourth-order valence-corrected chi connectivity index (χ4v) is 4.12. The molecule has 168 valence electrons. The van der Waals surface area contributed by atoms with Crippen LogP contribution in [-0.4, -0.2) is 13.0 Å². The maximum Gasteiger partial charge on any atom is 0.262 e. The molecule has 0 bridgehead atoms. The SMILES string of the molecule is COc1cc(/C=C(/C#N)C(=O)N[C@H](C)c2ccccc2)cc(I)c1OCc1cccc(C)c1. The first-order valence-corrected chi connectivity index (χ1v) is 11.5. The van der Waals surface area contributed by atoms with Crippen molar-refractivity contribution in [3.63, 3.8) is 0 Å². The number of nitrogens with one attached hydrogen (secondary N) is 1. The summed E-state index contributed by atoms with van der Waals surface area (Å²) in [7, 11) is 1.57. The first-order valence-electron chi connectivity index (χ1n) is 10.4. The van der Waals surface area contributed by atoms with Crippen LogP contribution in [0, 0.1) is 21.8 Å². The maximum atomic E-state index is 12.7. The Hall–Kier alpha value is -3.31. The summed E-state index contributed by atoms with van der Waals surface area (Å²) in [5.74, 6) is 0.733. The van der Waals surface area contributed by atoms with E-state index >= 15 is 0 Å². The highest BCUT2D eigenvalue weighted by Gasteiger charge is 2.16. The smallest absolute Gasteiger partial charge is 0.262 e. The molecule has 6 heteroatoms. The summed E-state index contributed by atoms with van der Waals surface area (Å²) in [6, 6.07) is 23.1.